The van der Waals surface area contributed by atoms with Crippen LogP contribution in [-0.2, 0) is 0 Å². The van der Waals surface area contributed by atoms with Crippen LogP contribution in [0.25, 0.3) is 6.08 Å². The summed E-state index contributed by atoms with van der Waals surface area (Å²) in [5, 5.41) is 13.2. The molecular formula is C26H29LiN2O. The van der Waals surface area contributed by atoms with Crippen LogP contribution in [0.3, 0.4) is 0 Å². The van der Waals surface area contributed by atoms with E-state index in [2.05, 4.69) is 55.4 Å². The van der Waals surface area contributed by atoms with Gasteiger partial charge in [-0.2, -0.15) is 0 Å². The van der Waals surface area contributed by atoms with E-state index in [0.29, 0.717) is 0 Å². The summed E-state index contributed by atoms with van der Waals surface area (Å²) >= 11 is 0. The summed E-state index contributed by atoms with van der Waals surface area (Å²) < 4.78 is 0. The first-order chi connectivity index (χ1) is 14.1. The first-order valence-electron chi connectivity index (χ1n) is 9.95. The Hall–Kier alpha value is -2.12. The van der Waals surface area contributed by atoms with Gasteiger partial charge in [0.25, 0.3) is 0 Å². The van der Waals surface area contributed by atoms with Gasteiger partial charge in [0.15, 0.2) is 0 Å². The SMILES string of the molecule is CN(C)[C@H](c1ccccc1)[C@@H](c1ccccc1)N(C)C([O-])/C=C/c1ccccc1.[Li+]. The molecule has 3 nitrogen and oxygen atoms in total. The van der Waals surface area contributed by atoms with Crippen molar-refractivity contribution in [1.82, 2.24) is 9.80 Å². The van der Waals surface area contributed by atoms with Crippen LogP contribution in [0.5, 0.6) is 0 Å². The van der Waals surface area contributed by atoms with Crippen molar-refractivity contribution in [2.75, 3.05) is 21.1 Å². The molecule has 3 aromatic rings. The molecule has 0 spiro atoms. The Labute approximate surface area is 192 Å². The molecule has 0 bridgehead atoms. The maximum absolute atomic E-state index is 13.2. The molecule has 0 aliphatic carbocycles. The fourth-order valence-corrected chi connectivity index (χ4v) is 3.76. The van der Waals surface area contributed by atoms with Gasteiger partial charge in [-0.15, -0.1) is 0 Å². The summed E-state index contributed by atoms with van der Waals surface area (Å²) in [6.45, 7) is 0. The molecule has 0 heterocycles. The van der Waals surface area contributed by atoms with E-state index in [4.69, 9.17) is 0 Å². The van der Waals surface area contributed by atoms with Crippen molar-refractivity contribution in [2.24, 2.45) is 0 Å². The average molecular weight is 392 g/mol. The third kappa shape index (κ3) is 6.19. The molecule has 3 aromatic carbocycles. The molecule has 0 saturated heterocycles. The van der Waals surface area contributed by atoms with E-state index in [1.807, 2.05) is 72.6 Å². The van der Waals surface area contributed by atoms with E-state index in [0.717, 1.165) is 11.1 Å². The Bertz CT molecular complexity index is 885. The van der Waals surface area contributed by atoms with Crippen molar-refractivity contribution in [1.29, 1.82) is 0 Å². The van der Waals surface area contributed by atoms with E-state index in [9.17, 15) is 5.11 Å². The monoisotopic (exact) mass is 392 g/mol. The fraction of sp³-hybridized carbons (Fsp3) is 0.231. The molecule has 0 fully saturated rings. The molecule has 0 radical (unpaired) electrons. The third-order valence-corrected chi connectivity index (χ3v) is 5.23. The third-order valence-electron chi connectivity index (χ3n) is 5.23. The minimum atomic E-state index is -0.966. The Morgan fingerprint density at radius 2 is 1.10 bits per heavy atom. The van der Waals surface area contributed by atoms with Crippen LogP contribution in [0.1, 0.15) is 28.8 Å². The second-order valence-electron chi connectivity index (χ2n) is 7.50. The summed E-state index contributed by atoms with van der Waals surface area (Å²) in [7, 11) is 6.06. The van der Waals surface area contributed by atoms with Gasteiger partial charge in [0.05, 0.1) is 12.1 Å². The zero-order valence-electron chi connectivity index (χ0n) is 18.3. The van der Waals surface area contributed by atoms with Gasteiger partial charge in [0, 0.05) is 0 Å². The van der Waals surface area contributed by atoms with Crippen LogP contribution in [0, 0.1) is 0 Å². The average Bonchev–Trinajstić information content (AvgIpc) is 2.77. The van der Waals surface area contributed by atoms with Gasteiger partial charge < -0.3 is 14.9 Å². The van der Waals surface area contributed by atoms with Crippen LogP contribution in [0.4, 0.5) is 0 Å². The molecule has 0 N–H and O–H groups in total. The van der Waals surface area contributed by atoms with Gasteiger partial charge in [0.1, 0.15) is 0 Å². The predicted molar refractivity (Wildman–Crippen MR) is 119 cm³/mol. The van der Waals surface area contributed by atoms with Crippen LogP contribution in [-0.4, -0.2) is 37.2 Å². The van der Waals surface area contributed by atoms with Crippen LogP contribution in [0.2, 0.25) is 0 Å². The largest absolute Gasteiger partial charge is 1.00 e. The quantitative estimate of drug-likeness (QED) is 0.428. The molecule has 0 aliphatic heterocycles. The molecule has 150 valence electrons. The summed E-state index contributed by atoms with van der Waals surface area (Å²) in [6, 6.07) is 30.6. The second kappa shape index (κ2) is 11.9. The van der Waals surface area contributed by atoms with E-state index in [-0.39, 0.29) is 30.9 Å². The Kier molecular flexibility index (Phi) is 9.59. The molecule has 0 saturated carbocycles. The minimum Gasteiger partial charge on any atom is -0.837 e. The number of nitrogens with zero attached hydrogens (tertiary/aromatic N) is 2. The molecule has 0 amide bonds. The number of hydrogen-bond acceptors (Lipinski definition) is 3. The zero-order valence-corrected chi connectivity index (χ0v) is 18.3. The van der Waals surface area contributed by atoms with E-state index >= 15 is 0 Å². The Morgan fingerprint density at radius 3 is 1.57 bits per heavy atom. The van der Waals surface area contributed by atoms with Gasteiger partial charge in [0.2, 0.25) is 0 Å². The van der Waals surface area contributed by atoms with Crippen molar-refractivity contribution in [3.8, 4) is 0 Å². The second-order valence-corrected chi connectivity index (χ2v) is 7.50. The van der Waals surface area contributed by atoms with Crippen LogP contribution >= 0.6 is 0 Å². The summed E-state index contributed by atoms with van der Waals surface area (Å²) in [5.74, 6) is 0. The number of likely N-dealkylation sites (N-methyl/N-ethyl adjacent to an activating group) is 2. The van der Waals surface area contributed by atoms with Crippen molar-refractivity contribution in [2.45, 2.75) is 18.3 Å². The van der Waals surface area contributed by atoms with Crippen molar-refractivity contribution in [3.05, 3.63) is 114 Å². The first kappa shape index (κ1) is 24.1. The fourth-order valence-electron chi connectivity index (χ4n) is 3.76. The molecule has 0 aliphatic rings. The van der Waals surface area contributed by atoms with Crippen LogP contribution in [0.15, 0.2) is 97.1 Å². The van der Waals surface area contributed by atoms with Crippen LogP contribution < -0.4 is 24.0 Å². The maximum Gasteiger partial charge on any atom is 1.00 e. The summed E-state index contributed by atoms with van der Waals surface area (Å²) in [6.07, 6.45) is 2.68. The first-order valence-corrected chi connectivity index (χ1v) is 9.95. The Balaban J connectivity index is 0.00000320. The van der Waals surface area contributed by atoms with Crippen molar-refractivity contribution in [3.63, 3.8) is 0 Å². The molecule has 1 unspecified atom stereocenters. The molecule has 4 heteroatoms. The molecular weight excluding hydrogens is 363 g/mol. The summed E-state index contributed by atoms with van der Waals surface area (Å²) in [5.41, 5.74) is 3.36. The van der Waals surface area contributed by atoms with E-state index < -0.39 is 6.23 Å². The molecule has 30 heavy (non-hydrogen) atoms. The zero-order chi connectivity index (χ0) is 20.6. The van der Waals surface area contributed by atoms with Gasteiger partial charge >= 0.3 is 18.9 Å². The number of hydrogen-bond donors (Lipinski definition) is 0. The maximum atomic E-state index is 13.2. The normalized spacial score (nSPS) is 14.5. The smallest absolute Gasteiger partial charge is 0.837 e. The van der Waals surface area contributed by atoms with E-state index in [1.165, 1.54) is 5.56 Å². The molecule has 3 rings (SSSR count). The Morgan fingerprint density at radius 1 is 0.667 bits per heavy atom. The number of benzene rings is 3. The minimum absolute atomic E-state index is 0. The summed E-state index contributed by atoms with van der Waals surface area (Å²) in [4.78, 5) is 4.11. The van der Waals surface area contributed by atoms with Crippen molar-refractivity contribution < 1.29 is 24.0 Å². The molecule has 0 aromatic heterocycles. The molecule has 3 atom stereocenters. The van der Waals surface area contributed by atoms with Gasteiger partial charge in [-0.05, 0) is 37.8 Å². The van der Waals surface area contributed by atoms with E-state index in [1.54, 1.807) is 6.08 Å². The van der Waals surface area contributed by atoms with Gasteiger partial charge in [-0.25, -0.2) is 0 Å². The van der Waals surface area contributed by atoms with Crippen molar-refractivity contribution >= 4 is 6.08 Å². The number of rotatable bonds is 8. The van der Waals surface area contributed by atoms with Gasteiger partial charge in [-0.1, -0.05) is 109 Å². The topological polar surface area (TPSA) is 29.5 Å². The van der Waals surface area contributed by atoms with Gasteiger partial charge in [-0.3, -0.25) is 0 Å². The predicted octanol–water partition coefficient (Wildman–Crippen LogP) is 1.37. The standard InChI is InChI=1S/C26H29N2O.Li/c1-27(2)25(22-15-9-5-10-16-22)26(23-17-11-6-12-18-23)28(3)24(29)20-19-21-13-7-4-8-14-21;/h4-20,24-26H,1-3H3;/q-1;+1/b20-19+;/t24?,25-,26-;/m1./s1.